The van der Waals surface area contributed by atoms with Crippen LogP contribution in [0.3, 0.4) is 0 Å². The van der Waals surface area contributed by atoms with E-state index in [1.807, 2.05) is 0 Å². The van der Waals surface area contributed by atoms with E-state index in [1.54, 1.807) is 6.08 Å². The van der Waals surface area contributed by atoms with Crippen molar-refractivity contribution in [2.75, 3.05) is 7.11 Å². The Bertz CT molecular complexity index is 228. The average molecular weight is 180 g/mol. The van der Waals surface area contributed by atoms with Crippen LogP contribution in [0.25, 0.3) is 0 Å². The molecule has 0 radical (unpaired) electrons. The number of rotatable bonds is 1. The highest BCUT2D eigenvalue weighted by atomic mass is 16.5. The van der Waals surface area contributed by atoms with Gasteiger partial charge in [-0.15, -0.1) is 0 Å². The Balaban J connectivity index is 1.98. The second kappa shape index (κ2) is 3.52. The zero-order chi connectivity index (χ0) is 9.26. The molecule has 2 rings (SSSR count). The van der Waals surface area contributed by atoms with Crippen LogP contribution in [0, 0.1) is 11.8 Å². The van der Waals surface area contributed by atoms with Crippen LogP contribution in [0.15, 0.2) is 11.6 Å². The SMILES string of the molecule is COC(=O)C=C1C2CCCCCC12. The van der Waals surface area contributed by atoms with Gasteiger partial charge in [0.1, 0.15) is 0 Å². The van der Waals surface area contributed by atoms with E-state index >= 15 is 0 Å². The quantitative estimate of drug-likeness (QED) is 0.457. The Hall–Kier alpha value is -0.790. The first-order valence-corrected chi connectivity index (χ1v) is 5.12. The van der Waals surface area contributed by atoms with Crippen molar-refractivity contribution in [2.45, 2.75) is 32.1 Å². The van der Waals surface area contributed by atoms with E-state index in [1.165, 1.54) is 44.8 Å². The lowest BCUT2D eigenvalue weighted by molar-refractivity contribution is -0.134. The summed E-state index contributed by atoms with van der Waals surface area (Å²) in [6, 6.07) is 0. The van der Waals surface area contributed by atoms with E-state index in [9.17, 15) is 4.79 Å². The molecule has 2 heteroatoms. The van der Waals surface area contributed by atoms with Crippen molar-refractivity contribution in [3.05, 3.63) is 11.6 Å². The lowest BCUT2D eigenvalue weighted by Gasteiger charge is -1.94. The first kappa shape index (κ1) is 8.79. The second-order valence-corrected chi connectivity index (χ2v) is 4.02. The van der Waals surface area contributed by atoms with Gasteiger partial charge in [-0.25, -0.2) is 4.79 Å². The lowest BCUT2D eigenvalue weighted by atomic mass is 10.1. The van der Waals surface area contributed by atoms with Crippen molar-refractivity contribution in [1.82, 2.24) is 0 Å². The summed E-state index contributed by atoms with van der Waals surface area (Å²) in [5.74, 6) is 1.27. The summed E-state index contributed by atoms with van der Waals surface area (Å²) in [6.45, 7) is 0. The number of hydrogen-bond donors (Lipinski definition) is 0. The van der Waals surface area contributed by atoms with Crippen LogP contribution in [-0.2, 0) is 9.53 Å². The molecular formula is C11H16O2. The van der Waals surface area contributed by atoms with Gasteiger partial charge < -0.3 is 4.74 Å². The molecule has 0 bridgehead atoms. The molecule has 2 aliphatic carbocycles. The zero-order valence-electron chi connectivity index (χ0n) is 8.08. The van der Waals surface area contributed by atoms with E-state index in [2.05, 4.69) is 4.74 Å². The Labute approximate surface area is 79.0 Å². The molecule has 0 saturated heterocycles. The molecule has 2 unspecified atom stereocenters. The number of allylic oxidation sites excluding steroid dienone is 1. The van der Waals surface area contributed by atoms with Gasteiger partial charge in [0.05, 0.1) is 7.11 Å². The van der Waals surface area contributed by atoms with Gasteiger partial charge in [0.2, 0.25) is 0 Å². The topological polar surface area (TPSA) is 26.3 Å². The molecule has 2 saturated carbocycles. The van der Waals surface area contributed by atoms with E-state index < -0.39 is 0 Å². The fraction of sp³-hybridized carbons (Fsp3) is 0.727. The van der Waals surface area contributed by atoms with Crippen LogP contribution in [-0.4, -0.2) is 13.1 Å². The van der Waals surface area contributed by atoms with Crippen molar-refractivity contribution in [3.8, 4) is 0 Å². The van der Waals surface area contributed by atoms with E-state index in [0.717, 1.165) is 11.8 Å². The summed E-state index contributed by atoms with van der Waals surface area (Å²) < 4.78 is 4.62. The summed E-state index contributed by atoms with van der Waals surface area (Å²) in [5.41, 5.74) is 1.35. The molecule has 0 heterocycles. The summed E-state index contributed by atoms with van der Waals surface area (Å²) in [7, 11) is 1.44. The number of ether oxygens (including phenoxy) is 1. The minimum Gasteiger partial charge on any atom is -0.466 e. The summed E-state index contributed by atoms with van der Waals surface area (Å²) >= 11 is 0. The van der Waals surface area contributed by atoms with Crippen molar-refractivity contribution >= 4 is 5.97 Å². The molecule has 0 N–H and O–H groups in total. The van der Waals surface area contributed by atoms with E-state index in [4.69, 9.17) is 0 Å². The highest BCUT2D eigenvalue weighted by Crippen LogP contribution is 2.53. The summed E-state index contributed by atoms with van der Waals surface area (Å²) in [5, 5.41) is 0. The van der Waals surface area contributed by atoms with Gasteiger partial charge in [-0.05, 0) is 24.7 Å². The van der Waals surface area contributed by atoms with Crippen LogP contribution in [0.4, 0.5) is 0 Å². The van der Waals surface area contributed by atoms with Crippen molar-refractivity contribution < 1.29 is 9.53 Å². The van der Waals surface area contributed by atoms with Gasteiger partial charge in [-0.3, -0.25) is 0 Å². The smallest absolute Gasteiger partial charge is 0.330 e. The van der Waals surface area contributed by atoms with Crippen molar-refractivity contribution in [2.24, 2.45) is 11.8 Å². The van der Waals surface area contributed by atoms with Gasteiger partial charge in [0.15, 0.2) is 0 Å². The highest BCUT2D eigenvalue weighted by Gasteiger charge is 2.43. The number of carbonyl (C=O) groups excluding carboxylic acids is 1. The molecule has 0 aliphatic heterocycles. The molecule has 2 fully saturated rings. The van der Waals surface area contributed by atoms with Gasteiger partial charge in [0, 0.05) is 6.08 Å². The average Bonchev–Trinajstić information content (AvgIpc) is 2.82. The van der Waals surface area contributed by atoms with Gasteiger partial charge in [0.25, 0.3) is 0 Å². The molecule has 0 aromatic rings. The molecule has 72 valence electrons. The van der Waals surface area contributed by atoms with Crippen LogP contribution in [0.5, 0.6) is 0 Å². The maximum atomic E-state index is 11.0. The zero-order valence-corrected chi connectivity index (χ0v) is 8.08. The molecule has 0 aromatic carbocycles. The summed E-state index contributed by atoms with van der Waals surface area (Å²) in [4.78, 5) is 11.0. The highest BCUT2D eigenvalue weighted by molar-refractivity contribution is 5.83. The molecule has 2 atom stereocenters. The minimum atomic E-state index is -0.178. The first-order valence-electron chi connectivity index (χ1n) is 5.12. The van der Waals surface area contributed by atoms with Crippen molar-refractivity contribution in [1.29, 1.82) is 0 Å². The molecule has 0 amide bonds. The number of hydrogen-bond acceptors (Lipinski definition) is 2. The second-order valence-electron chi connectivity index (χ2n) is 4.02. The third-order valence-corrected chi connectivity index (χ3v) is 3.25. The Morgan fingerprint density at radius 1 is 1.31 bits per heavy atom. The normalized spacial score (nSPS) is 31.6. The number of fused-ring (bicyclic) bond motifs is 1. The van der Waals surface area contributed by atoms with E-state index in [-0.39, 0.29) is 5.97 Å². The fourth-order valence-electron chi connectivity index (χ4n) is 2.45. The molecule has 2 aliphatic rings. The maximum Gasteiger partial charge on any atom is 0.330 e. The molecule has 13 heavy (non-hydrogen) atoms. The molecule has 0 spiro atoms. The lowest BCUT2D eigenvalue weighted by Crippen LogP contribution is -1.94. The van der Waals surface area contributed by atoms with Crippen LogP contribution >= 0.6 is 0 Å². The third-order valence-electron chi connectivity index (χ3n) is 3.25. The monoisotopic (exact) mass is 180 g/mol. The molecular weight excluding hydrogens is 164 g/mol. The first-order chi connectivity index (χ1) is 6.33. The number of carbonyl (C=O) groups is 1. The Morgan fingerprint density at radius 2 is 1.92 bits per heavy atom. The number of methoxy groups -OCH3 is 1. The van der Waals surface area contributed by atoms with Crippen LogP contribution in [0.1, 0.15) is 32.1 Å². The van der Waals surface area contributed by atoms with Gasteiger partial charge >= 0.3 is 5.97 Å². The predicted octanol–water partition coefficient (Wildman–Crippen LogP) is 2.30. The fourth-order valence-corrected chi connectivity index (χ4v) is 2.45. The van der Waals surface area contributed by atoms with Crippen molar-refractivity contribution in [3.63, 3.8) is 0 Å². The maximum absolute atomic E-state index is 11.0. The Kier molecular flexibility index (Phi) is 2.38. The van der Waals surface area contributed by atoms with Gasteiger partial charge in [-0.1, -0.05) is 24.8 Å². The molecule has 0 aromatic heterocycles. The van der Waals surface area contributed by atoms with Crippen LogP contribution < -0.4 is 0 Å². The minimum absolute atomic E-state index is 0.178. The third kappa shape index (κ3) is 1.77. The van der Waals surface area contributed by atoms with E-state index in [0.29, 0.717) is 0 Å². The largest absolute Gasteiger partial charge is 0.466 e. The number of esters is 1. The van der Waals surface area contributed by atoms with Crippen LogP contribution in [0.2, 0.25) is 0 Å². The predicted molar refractivity (Wildman–Crippen MR) is 50.2 cm³/mol. The Morgan fingerprint density at radius 3 is 2.46 bits per heavy atom. The summed E-state index contributed by atoms with van der Waals surface area (Å²) in [6.07, 6.45) is 8.32. The standard InChI is InChI=1S/C11H16O2/c1-13-11(12)7-10-8-5-3-2-4-6-9(8)10/h7-9H,2-6H2,1H3. The molecule has 2 nitrogen and oxygen atoms in total. The van der Waals surface area contributed by atoms with Gasteiger partial charge in [-0.2, -0.15) is 0 Å².